The zero-order valence-corrected chi connectivity index (χ0v) is 50.6. The number of amides is 7. The van der Waals surface area contributed by atoms with Gasteiger partial charge >= 0.3 is 7.60 Å². The Hall–Kier alpha value is -7.80. The molecule has 7 atom stereocenters. The number of aryl methyl sites for hydroxylation is 2. The van der Waals surface area contributed by atoms with E-state index in [1.165, 1.54) is 40.4 Å². The van der Waals surface area contributed by atoms with Crippen molar-refractivity contribution in [2.24, 2.45) is 11.1 Å². The van der Waals surface area contributed by atoms with Crippen molar-refractivity contribution in [1.29, 1.82) is 0 Å². The van der Waals surface area contributed by atoms with Crippen LogP contribution in [0.4, 0.5) is 0 Å². The highest BCUT2D eigenvalue weighted by molar-refractivity contribution is 7.70. The number of fused-ring (bicyclic) bond motifs is 1. The van der Waals surface area contributed by atoms with Gasteiger partial charge in [0, 0.05) is 61.4 Å². The number of H-pyrrole nitrogens is 2. The highest BCUT2D eigenvalue weighted by Gasteiger charge is 2.45. The number of carbonyl (C=O) groups is 8. The normalized spacial score (nSPS) is 17.6. The minimum absolute atomic E-state index is 0.00534. The molecule has 0 spiro atoms. The lowest BCUT2D eigenvalue weighted by Crippen LogP contribution is -2.57. The molecule has 2 aliphatic heterocycles. The van der Waals surface area contributed by atoms with E-state index in [1.54, 1.807) is 41.2 Å². The number of β-amino-alcohol motifs (C(OH)–C–C–N with tert-alkyl or cyclic N) is 1. The van der Waals surface area contributed by atoms with E-state index < -0.39 is 102 Å². The standard InChI is InChI=1S/C59H71ClN11O13PS/c1-32(34-14-16-36(17-15-34)51-33(2)64-31-86-51)65-55(77)46-26-41(72)28-71(46)57(79)52(59(3,4)5)69-49(74)13-7-10-35-9-6-12-47(50(35)60)84-29-39(19-21-48(61)73)66-54(76)45-11-8-22-70(45)56(78)44(25-40-27-62-30-63-40)68-53(75)43-24-38-23-37(18-20-42(38)67-43)58(80)85(81,82)83/h6,9,12,14-18,20,23-24,27,30-32,39,41,44-46,52,67,72H,7-8,10-11,13,19,21-22,25-26,28-29H2,1-5H3,(H2,61,73)(H,62,63)(H,65,77)(H,66,76)(H,68,75)(H,69,74)(H2,81,82,83)/t32-,39-,41+,44-,45-,46-,52+/m0/s1. The monoisotopic (exact) mass is 1240 g/mol. The van der Waals surface area contributed by atoms with Crippen LogP contribution < -0.4 is 31.7 Å². The number of benzene rings is 3. The van der Waals surface area contributed by atoms with Gasteiger partial charge in [0.1, 0.15) is 42.2 Å². The Balaban J connectivity index is 0.858. The number of nitrogens with zero attached hydrogens (tertiary/aromatic N) is 4. The second-order valence-electron chi connectivity index (χ2n) is 22.8. The van der Waals surface area contributed by atoms with Gasteiger partial charge in [-0.1, -0.05) is 68.8 Å². The Morgan fingerprint density at radius 1 is 0.919 bits per heavy atom. The van der Waals surface area contributed by atoms with Gasteiger partial charge in [0.2, 0.25) is 35.4 Å². The molecule has 0 radical (unpaired) electrons. The van der Waals surface area contributed by atoms with E-state index in [1.807, 2.05) is 58.9 Å². The number of hydrogen-bond acceptors (Lipinski definition) is 14. The molecule has 24 nitrogen and oxygen atoms in total. The molecule has 0 saturated carbocycles. The van der Waals surface area contributed by atoms with Crippen LogP contribution in [0.1, 0.15) is 122 Å². The van der Waals surface area contributed by atoms with Crippen LogP contribution in [-0.4, -0.2) is 148 Å². The van der Waals surface area contributed by atoms with Crippen LogP contribution >= 0.6 is 30.5 Å². The molecule has 5 heterocycles. The molecule has 3 aromatic carbocycles. The molecule has 2 aliphatic rings. The molecule has 0 unspecified atom stereocenters. The predicted octanol–water partition coefficient (Wildman–Crippen LogP) is 5.15. The number of aliphatic hydroxyl groups excluding tert-OH is 1. The van der Waals surface area contributed by atoms with Gasteiger partial charge in [-0.3, -0.25) is 42.9 Å². The third kappa shape index (κ3) is 16.0. The largest absolute Gasteiger partial charge is 0.490 e. The van der Waals surface area contributed by atoms with Gasteiger partial charge < -0.3 is 66.4 Å². The fourth-order valence-corrected chi connectivity index (χ4v) is 12.2. The van der Waals surface area contributed by atoms with Gasteiger partial charge in [0.25, 0.3) is 11.4 Å². The van der Waals surface area contributed by atoms with Gasteiger partial charge in [0.05, 0.1) is 51.3 Å². The number of imidazole rings is 1. The summed E-state index contributed by atoms with van der Waals surface area (Å²) in [7, 11) is -5.08. The fraction of sp³-hybridized carbons (Fsp3) is 0.424. The van der Waals surface area contributed by atoms with Crippen LogP contribution in [0, 0.1) is 12.3 Å². The Morgan fingerprint density at radius 2 is 1.66 bits per heavy atom. The Bertz CT molecular complexity index is 3530. The third-order valence-electron chi connectivity index (χ3n) is 15.3. The van der Waals surface area contributed by atoms with Crippen LogP contribution in [0.3, 0.4) is 0 Å². The van der Waals surface area contributed by atoms with Crippen molar-refractivity contribution >= 4 is 88.3 Å². The molecule has 7 amide bonds. The maximum atomic E-state index is 14.4. The van der Waals surface area contributed by atoms with E-state index in [9.17, 15) is 57.8 Å². The van der Waals surface area contributed by atoms with Gasteiger partial charge in [-0.05, 0) is 98.4 Å². The molecular formula is C59H71ClN11O13PS. The van der Waals surface area contributed by atoms with Crippen molar-refractivity contribution in [3.05, 3.63) is 124 Å². The number of thiazole rings is 1. The molecule has 86 heavy (non-hydrogen) atoms. The highest BCUT2D eigenvalue weighted by atomic mass is 35.5. The summed E-state index contributed by atoms with van der Waals surface area (Å²) in [6.45, 7) is 9.15. The second kappa shape index (κ2) is 27.7. The number of aromatic amines is 2. The smallest absolute Gasteiger partial charge is 0.396 e. The van der Waals surface area contributed by atoms with E-state index in [0.717, 1.165) is 21.7 Å². The minimum atomic E-state index is -5.08. The highest BCUT2D eigenvalue weighted by Crippen LogP contribution is 2.40. The van der Waals surface area contributed by atoms with Crippen molar-refractivity contribution in [2.75, 3.05) is 19.7 Å². The summed E-state index contributed by atoms with van der Waals surface area (Å²) < 4.78 is 17.8. The SMILES string of the molecule is Cc1ncsc1-c1ccc([C@H](C)NC(=O)[C@@H]2C[C@@H](O)CN2C(=O)[C@@H](NC(=O)CCCc2cccc(OC[C@H](CCC(N)=O)NC(=O)[C@@H]3CCCN3C(=O)[C@H](Cc3c[nH]cn3)NC(=O)c3cc4cc(C(=O)P(=O)(O)O)ccc4[nH]3)c2Cl)C(C)(C)C)cc1. The Labute approximate surface area is 504 Å². The molecule has 0 bridgehead atoms. The summed E-state index contributed by atoms with van der Waals surface area (Å²) in [4.78, 5) is 145. The van der Waals surface area contributed by atoms with Crippen LogP contribution in [0.2, 0.25) is 5.02 Å². The molecule has 0 aliphatic carbocycles. The minimum Gasteiger partial charge on any atom is -0.490 e. The first-order chi connectivity index (χ1) is 40.7. The summed E-state index contributed by atoms with van der Waals surface area (Å²) in [6.07, 6.45) is 3.30. The summed E-state index contributed by atoms with van der Waals surface area (Å²) >= 11 is 8.45. The molecule has 2 fully saturated rings. The third-order valence-corrected chi connectivity index (χ3v) is 17.5. The van der Waals surface area contributed by atoms with Gasteiger partial charge in [0.15, 0.2) is 0 Å². The van der Waals surface area contributed by atoms with Crippen molar-refractivity contribution in [3.8, 4) is 16.2 Å². The summed E-state index contributed by atoms with van der Waals surface area (Å²) in [5.74, 6) is -3.54. The number of nitrogens with two attached hydrogens (primary N) is 1. The lowest BCUT2D eigenvalue weighted by Gasteiger charge is -2.35. The number of hydrogen-bond donors (Lipinski definition) is 10. The van der Waals surface area contributed by atoms with Crippen LogP contribution in [-0.2, 0) is 46.2 Å². The number of halogens is 1. The number of ether oxygens (including phenoxy) is 1. The number of nitrogens with one attached hydrogen (secondary N) is 6. The second-order valence-corrected chi connectivity index (χ2v) is 25.5. The molecule has 8 rings (SSSR count). The molecular weight excluding hydrogens is 1170 g/mol. The first-order valence-corrected chi connectivity index (χ1v) is 31.0. The number of aliphatic hydroxyl groups is 1. The Kier molecular flexibility index (Phi) is 20.7. The van der Waals surface area contributed by atoms with Crippen LogP contribution in [0.15, 0.2) is 84.8 Å². The lowest BCUT2D eigenvalue weighted by molar-refractivity contribution is -0.144. The van der Waals surface area contributed by atoms with Crippen LogP contribution in [0.5, 0.6) is 5.75 Å². The van der Waals surface area contributed by atoms with E-state index in [-0.39, 0.29) is 80.3 Å². The molecule has 27 heteroatoms. The number of rotatable bonds is 25. The number of primary amides is 1. The molecule has 3 aromatic heterocycles. The van der Waals surface area contributed by atoms with Gasteiger partial charge in [-0.2, -0.15) is 0 Å². The van der Waals surface area contributed by atoms with Crippen molar-refractivity contribution in [2.45, 2.75) is 135 Å². The van der Waals surface area contributed by atoms with E-state index in [2.05, 4.69) is 41.2 Å². The van der Waals surface area contributed by atoms with Crippen molar-refractivity contribution in [1.82, 2.24) is 51.0 Å². The molecule has 6 aromatic rings. The lowest BCUT2D eigenvalue weighted by atomic mass is 9.85. The Morgan fingerprint density at radius 3 is 2.34 bits per heavy atom. The van der Waals surface area contributed by atoms with Crippen molar-refractivity contribution in [3.63, 3.8) is 0 Å². The van der Waals surface area contributed by atoms with E-state index >= 15 is 0 Å². The number of aromatic nitrogens is 4. The predicted molar refractivity (Wildman–Crippen MR) is 320 cm³/mol. The molecule has 2 saturated heterocycles. The summed E-state index contributed by atoms with van der Waals surface area (Å²) in [6, 6.07) is 12.7. The fourth-order valence-electron chi connectivity index (χ4n) is 10.7. The number of carbonyl (C=O) groups excluding carboxylic acids is 8. The van der Waals surface area contributed by atoms with Crippen molar-refractivity contribution < 1.29 is 62.6 Å². The average Bonchev–Trinajstić information content (AvgIpc) is 2.43. The quantitative estimate of drug-likeness (QED) is 0.0332. The summed E-state index contributed by atoms with van der Waals surface area (Å²) in [5.41, 5.74) is 9.14. The van der Waals surface area contributed by atoms with Gasteiger partial charge in [-0.15, -0.1) is 11.3 Å². The first-order valence-electron chi connectivity index (χ1n) is 28.2. The van der Waals surface area contributed by atoms with Crippen LogP contribution in [0.25, 0.3) is 21.3 Å². The first kappa shape index (κ1) is 64.2. The summed E-state index contributed by atoms with van der Waals surface area (Å²) in [5, 5.41) is 22.9. The van der Waals surface area contributed by atoms with E-state index in [4.69, 9.17) is 22.1 Å². The molecule has 458 valence electrons. The van der Waals surface area contributed by atoms with E-state index in [0.29, 0.717) is 41.4 Å². The number of likely N-dealkylation sites (tertiary alicyclic amines) is 2. The zero-order chi connectivity index (χ0) is 62.2. The zero-order valence-electron chi connectivity index (χ0n) is 48.1. The average molecular weight is 1240 g/mol. The maximum Gasteiger partial charge on any atom is 0.396 e. The topological polar surface area (TPSA) is 362 Å². The maximum absolute atomic E-state index is 14.4. The van der Waals surface area contributed by atoms with Gasteiger partial charge in [-0.25, -0.2) is 9.97 Å². The molecule has 11 N–H and O–H groups in total.